The van der Waals surface area contributed by atoms with Crippen molar-refractivity contribution in [3.63, 3.8) is 0 Å². The highest BCUT2D eigenvalue weighted by Gasteiger charge is 2.17. The molecule has 0 radical (unpaired) electrons. The Morgan fingerprint density at radius 1 is 1.28 bits per heavy atom. The third-order valence-electron chi connectivity index (χ3n) is 3.80. The summed E-state index contributed by atoms with van der Waals surface area (Å²) in [6.07, 6.45) is 0. The number of anilines is 1. The lowest BCUT2D eigenvalue weighted by molar-refractivity contribution is -0.385. The van der Waals surface area contributed by atoms with E-state index >= 15 is 0 Å². The lowest BCUT2D eigenvalue weighted by Crippen LogP contribution is -2.14. The van der Waals surface area contributed by atoms with Gasteiger partial charge in [0, 0.05) is 29.4 Å². The van der Waals surface area contributed by atoms with Gasteiger partial charge in [0.15, 0.2) is 16.7 Å². The summed E-state index contributed by atoms with van der Waals surface area (Å²) >= 11 is 13.3. The predicted molar refractivity (Wildman–Crippen MR) is 111 cm³/mol. The molecule has 2 aromatic carbocycles. The number of nitrogens with zero attached hydrogens (tertiary/aromatic N) is 4. The van der Waals surface area contributed by atoms with Gasteiger partial charge in [0.2, 0.25) is 5.91 Å². The molecule has 2 N–H and O–H groups in total. The van der Waals surface area contributed by atoms with E-state index in [1.54, 1.807) is 29.8 Å². The lowest BCUT2D eigenvalue weighted by atomic mass is 10.2. The average molecular weight is 454 g/mol. The molecule has 9 nitrogen and oxygen atoms in total. The number of nitrogens with one attached hydrogen (secondary N) is 1. The van der Waals surface area contributed by atoms with E-state index in [2.05, 4.69) is 15.5 Å². The van der Waals surface area contributed by atoms with Crippen molar-refractivity contribution in [1.29, 1.82) is 0 Å². The lowest BCUT2D eigenvalue weighted by Gasteiger charge is -2.07. The molecule has 1 heterocycles. The summed E-state index contributed by atoms with van der Waals surface area (Å²) in [6.45, 7) is 0. The first kappa shape index (κ1) is 20.9. The third kappa shape index (κ3) is 4.78. The number of hydrogen-bond acceptors (Lipinski definition) is 7. The predicted octanol–water partition coefficient (Wildman–Crippen LogP) is 4.13. The first-order chi connectivity index (χ1) is 13.8. The molecule has 1 amide bonds. The molecule has 3 rings (SSSR count). The first-order valence-corrected chi connectivity index (χ1v) is 9.75. The van der Waals surface area contributed by atoms with Crippen molar-refractivity contribution in [3.8, 4) is 17.1 Å². The number of halogens is 2. The minimum Gasteiger partial charge on any atom is -0.502 e. The maximum absolute atomic E-state index is 12.2. The molecule has 150 valence electrons. The van der Waals surface area contributed by atoms with Gasteiger partial charge in [-0.3, -0.25) is 14.9 Å². The van der Waals surface area contributed by atoms with Crippen molar-refractivity contribution < 1.29 is 14.8 Å². The number of benzene rings is 2. The van der Waals surface area contributed by atoms with Crippen LogP contribution in [0.4, 0.5) is 11.4 Å². The highest BCUT2D eigenvalue weighted by Crippen LogP contribution is 2.31. The van der Waals surface area contributed by atoms with Gasteiger partial charge in [-0.05, 0) is 30.3 Å². The Hall–Kier alpha value is -2.82. The van der Waals surface area contributed by atoms with E-state index in [1.807, 2.05) is 0 Å². The Morgan fingerprint density at radius 2 is 2.03 bits per heavy atom. The van der Waals surface area contributed by atoms with Gasteiger partial charge >= 0.3 is 5.69 Å². The van der Waals surface area contributed by atoms with Gasteiger partial charge in [-0.2, -0.15) is 0 Å². The summed E-state index contributed by atoms with van der Waals surface area (Å²) in [5.74, 6) is -0.364. The Morgan fingerprint density at radius 3 is 2.72 bits per heavy atom. The Kier molecular flexibility index (Phi) is 6.26. The quantitative estimate of drug-likeness (QED) is 0.248. The minimum absolute atomic E-state index is 0.00496. The molecule has 0 aliphatic carbocycles. The van der Waals surface area contributed by atoms with Gasteiger partial charge < -0.3 is 15.0 Å². The number of nitro benzene ring substituents is 1. The zero-order valence-corrected chi connectivity index (χ0v) is 17.1. The Balaban J connectivity index is 1.68. The van der Waals surface area contributed by atoms with E-state index in [1.165, 1.54) is 6.07 Å². The fraction of sp³-hybridized carbons (Fsp3) is 0.118. The van der Waals surface area contributed by atoms with Gasteiger partial charge in [-0.25, -0.2) is 0 Å². The normalized spacial score (nSPS) is 10.7. The van der Waals surface area contributed by atoms with Crippen molar-refractivity contribution in [1.82, 2.24) is 14.8 Å². The van der Waals surface area contributed by atoms with Crippen molar-refractivity contribution in [2.75, 3.05) is 11.1 Å². The topological polar surface area (TPSA) is 123 Å². The number of amides is 1. The molecule has 0 saturated heterocycles. The Bertz CT molecular complexity index is 1110. The summed E-state index contributed by atoms with van der Waals surface area (Å²) in [7, 11) is 1.74. The van der Waals surface area contributed by atoms with E-state index in [4.69, 9.17) is 23.2 Å². The maximum Gasteiger partial charge on any atom is 0.312 e. The van der Waals surface area contributed by atoms with Crippen LogP contribution in [0, 0.1) is 10.1 Å². The van der Waals surface area contributed by atoms with Gasteiger partial charge in [0.05, 0.1) is 15.7 Å². The molecule has 0 fully saturated rings. The number of aromatic hydroxyl groups is 1. The second-order valence-corrected chi connectivity index (χ2v) is 7.57. The van der Waals surface area contributed by atoms with Crippen molar-refractivity contribution in [2.24, 2.45) is 7.05 Å². The zero-order valence-electron chi connectivity index (χ0n) is 14.8. The SMILES string of the molecule is Cn1c(SCC(=O)Nc2ccc(O)c([N+](=O)[O-])c2)nnc1-c1ccc(Cl)cc1Cl. The second kappa shape index (κ2) is 8.68. The fourth-order valence-electron chi connectivity index (χ4n) is 2.42. The van der Waals surface area contributed by atoms with E-state index in [0.717, 1.165) is 23.9 Å². The van der Waals surface area contributed by atoms with Crippen LogP contribution in [0.5, 0.6) is 5.75 Å². The summed E-state index contributed by atoms with van der Waals surface area (Å²) in [6, 6.07) is 8.62. The maximum atomic E-state index is 12.2. The van der Waals surface area contributed by atoms with Crippen LogP contribution in [-0.2, 0) is 11.8 Å². The molecule has 0 unspecified atom stereocenters. The first-order valence-electron chi connectivity index (χ1n) is 8.01. The molecule has 3 aromatic rings. The van der Waals surface area contributed by atoms with Crippen LogP contribution in [0.2, 0.25) is 10.0 Å². The number of rotatable bonds is 6. The van der Waals surface area contributed by atoms with Crippen LogP contribution in [0.1, 0.15) is 0 Å². The number of aromatic nitrogens is 3. The number of thioether (sulfide) groups is 1. The highest BCUT2D eigenvalue weighted by atomic mass is 35.5. The largest absolute Gasteiger partial charge is 0.502 e. The number of nitro groups is 1. The monoisotopic (exact) mass is 453 g/mol. The second-order valence-electron chi connectivity index (χ2n) is 5.79. The molecule has 0 saturated carbocycles. The standard InChI is InChI=1S/C17H13Cl2N5O4S/c1-23-16(11-4-2-9(18)6-12(11)19)21-22-17(23)29-8-15(26)20-10-3-5-14(25)13(7-10)24(27)28/h2-7,25H,8H2,1H3,(H,20,26). The van der Waals surface area contributed by atoms with Gasteiger partial charge in [-0.1, -0.05) is 35.0 Å². The van der Waals surface area contributed by atoms with Crippen LogP contribution in [-0.4, -0.2) is 36.5 Å². The van der Waals surface area contributed by atoms with Crippen LogP contribution in [0.3, 0.4) is 0 Å². The molecule has 12 heteroatoms. The summed E-state index contributed by atoms with van der Waals surface area (Å²) in [5, 5.41) is 32.5. The van der Waals surface area contributed by atoms with Crippen molar-refractivity contribution in [3.05, 3.63) is 56.6 Å². The Labute approximate surface area is 178 Å². The number of hydrogen-bond donors (Lipinski definition) is 2. The molecule has 29 heavy (non-hydrogen) atoms. The summed E-state index contributed by atoms with van der Waals surface area (Å²) < 4.78 is 1.69. The van der Waals surface area contributed by atoms with Crippen molar-refractivity contribution in [2.45, 2.75) is 5.16 Å². The fourth-order valence-corrected chi connectivity index (χ4v) is 3.62. The number of carbonyl (C=O) groups is 1. The van der Waals surface area contributed by atoms with Gasteiger partial charge in [-0.15, -0.1) is 10.2 Å². The number of carbonyl (C=O) groups excluding carboxylic acids is 1. The third-order valence-corrected chi connectivity index (χ3v) is 5.36. The molecular formula is C17H13Cl2N5O4S. The van der Waals surface area contributed by atoms with Crippen LogP contribution in [0.15, 0.2) is 41.6 Å². The number of phenolic OH excluding ortho intramolecular Hbond substituents is 1. The van der Waals surface area contributed by atoms with E-state index in [9.17, 15) is 20.0 Å². The molecule has 0 atom stereocenters. The number of phenols is 1. The molecule has 0 aliphatic heterocycles. The molecule has 1 aromatic heterocycles. The summed E-state index contributed by atoms with van der Waals surface area (Å²) in [4.78, 5) is 22.3. The smallest absolute Gasteiger partial charge is 0.312 e. The van der Waals surface area contributed by atoms with E-state index < -0.39 is 22.3 Å². The molecule has 0 spiro atoms. The zero-order chi connectivity index (χ0) is 21.1. The average Bonchev–Trinajstić information content (AvgIpc) is 3.02. The molecule has 0 aliphatic rings. The van der Waals surface area contributed by atoms with Crippen LogP contribution in [0.25, 0.3) is 11.4 Å². The molecule has 0 bridgehead atoms. The van der Waals surface area contributed by atoms with Crippen LogP contribution < -0.4 is 5.32 Å². The highest BCUT2D eigenvalue weighted by molar-refractivity contribution is 7.99. The van der Waals surface area contributed by atoms with Crippen molar-refractivity contribution >= 4 is 52.2 Å². The van der Waals surface area contributed by atoms with Crippen LogP contribution >= 0.6 is 35.0 Å². The van der Waals surface area contributed by atoms with E-state index in [-0.39, 0.29) is 11.4 Å². The van der Waals surface area contributed by atoms with Gasteiger partial charge in [0.25, 0.3) is 0 Å². The molecular weight excluding hydrogens is 441 g/mol. The minimum atomic E-state index is -0.733. The summed E-state index contributed by atoms with van der Waals surface area (Å²) in [5.41, 5.74) is 0.360. The van der Waals surface area contributed by atoms with E-state index in [0.29, 0.717) is 26.6 Å². The van der Waals surface area contributed by atoms with Gasteiger partial charge in [0.1, 0.15) is 0 Å².